The first-order chi connectivity index (χ1) is 7.75. The Morgan fingerprint density at radius 3 is 2.62 bits per heavy atom. The predicted octanol–water partition coefficient (Wildman–Crippen LogP) is 1.91. The lowest BCUT2D eigenvalue weighted by atomic mass is 10.2. The molecule has 0 atom stereocenters. The van der Waals surface area contributed by atoms with Gasteiger partial charge < -0.3 is 5.73 Å². The third kappa shape index (κ3) is 2.58. The van der Waals surface area contributed by atoms with Gasteiger partial charge in [-0.2, -0.15) is 0 Å². The van der Waals surface area contributed by atoms with E-state index in [1.54, 1.807) is 30.7 Å². The maximum Gasteiger partial charge on any atom is 0.122 e. The highest BCUT2D eigenvalue weighted by molar-refractivity contribution is 7.99. The quantitative estimate of drug-likeness (QED) is 0.624. The Morgan fingerprint density at radius 1 is 1.19 bits per heavy atom. The fourth-order valence-electron chi connectivity index (χ4n) is 1.16. The second-order valence-corrected chi connectivity index (χ2v) is 4.18. The zero-order valence-electron chi connectivity index (χ0n) is 8.42. The maximum atomic E-state index is 7.34. The van der Waals surface area contributed by atoms with Gasteiger partial charge >= 0.3 is 0 Å². The van der Waals surface area contributed by atoms with Crippen molar-refractivity contribution in [3.05, 3.63) is 48.4 Å². The summed E-state index contributed by atoms with van der Waals surface area (Å²) in [5.74, 6) is 0.0546. The molecule has 0 unspecified atom stereocenters. The SMILES string of the molecule is N=C(N)c1ccnc(Sc2ccncc2)c1. The summed E-state index contributed by atoms with van der Waals surface area (Å²) in [6, 6.07) is 7.34. The number of nitrogens with zero attached hydrogens (tertiary/aromatic N) is 2. The Kier molecular flexibility index (Phi) is 3.16. The molecule has 80 valence electrons. The van der Waals surface area contributed by atoms with Crippen molar-refractivity contribution in [3.63, 3.8) is 0 Å². The van der Waals surface area contributed by atoms with Crippen LogP contribution in [0.2, 0.25) is 0 Å². The Hall–Kier alpha value is -1.88. The van der Waals surface area contributed by atoms with Crippen molar-refractivity contribution in [1.82, 2.24) is 9.97 Å². The van der Waals surface area contributed by atoms with E-state index >= 15 is 0 Å². The molecular weight excluding hydrogens is 220 g/mol. The highest BCUT2D eigenvalue weighted by Crippen LogP contribution is 2.25. The number of nitrogens with one attached hydrogen (secondary N) is 1. The van der Waals surface area contributed by atoms with E-state index in [0.29, 0.717) is 5.56 Å². The highest BCUT2D eigenvalue weighted by Gasteiger charge is 2.01. The van der Waals surface area contributed by atoms with E-state index in [1.165, 1.54) is 11.8 Å². The second kappa shape index (κ2) is 4.76. The van der Waals surface area contributed by atoms with Crippen LogP contribution in [0.5, 0.6) is 0 Å². The molecule has 2 heterocycles. The van der Waals surface area contributed by atoms with Gasteiger partial charge in [0.05, 0.1) is 0 Å². The summed E-state index contributed by atoms with van der Waals surface area (Å²) < 4.78 is 0. The Morgan fingerprint density at radius 2 is 1.94 bits per heavy atom. The molecule has 2 aromatic rings. The van der Waals surface area contributed by atoms with Gasteiger partial charge in [-0.3, -0.25) is 10.4 Å². The van der Waals surface area contributed by atoms with Crippen LogP contribution in [0.1, 0.15) is 5.56 Å². The molecule has 2 rings (SSSR count). The van der Waals surface area contributed by atoms with E-state index in [9.17, 15) is 0 Å². The van der Waals surface area contributed by atoms with Gasteiger partial charge in [-0.05, 0) is 24.3 Å². The largest absolute Gasteiger partial charge is 0.384 e. The minimum absolute atomic E-state index is 0.0546. The van der Waals surface area contributed by atoms with Gasteiger partial charge in [0.2, 0.25) is 0 Å². The molecule has 3 N–H and O–H groups in total. The van der Waals surface area contributed by atoms with Crippen molar-refractivity contribution < 1.29 is 0 Å². The van der Waals surface area contributed by atoms with Gasteiger partial charge in [-0.1, -0.05) is 11.8 Å². The first-order valence-corrected chi connectivity index (χ1v) is 5.45. The minimum atomic E-state index is 0.0546. The normalized spacial score (nSPS) is 10.0. The number of hydrogen-bond donors (Lipinski definition) is 2. The van der Waals surface area contributed by atoms with Gasteiger partial charge in [0.25, 0.3) is 0 Å². The first-order valence-electron chi connectivity index (χ1n) is 4.64. The number of aromatic nitrogens is 2. The lowest BCUT2D eigenvalue weighted by molar-refractivity contribution is 1.12. The topological polar surface area (TPSA) is 75.7 Å². The number of rotatable bonds is 3. The van der Waals surface area contributed by atoms with Gasteiger partial charge in [0, 0.05) is 29.0 Å². The van der Waals surface area contributed by atoms with Crippen molar-refractivity contribution in [2.45, 2.75) is 9.92 Å². The standard InChI is InChI=1S/C11H10N4S/c12-11(13)8-1-6-15-10(7-8)16-9-2-4-14-5-3-9/h1-7H,(H3,12,13). The molecule has 0 saturated heterocycles. The van der Waals surface area contributed by atoms with Gasteiger partial charge in [-0.25, -0.2) is 4.98 Å². The summed E-state index contributed by atoms with van der Waals surface area (Å²) in [5.41, 5.74) is 6.10. The molecule has 16 heavy (non-hydrogen) atoms. The third-order valence-electron chi connectivity index (χ3n) is 1.92. The van der Waals surface area contributed by atoms with Gasteiger partial charge in [0.15, 0.2) is 0 Å². The van der Waals surface area contributed by atoms with Crippen LogP contribution in [0, 0.1) is 5.41 Å². The number of nitrogen functional groups attached to an aromatic ring is 1. The third-order valence-corrected chi connectivity index (χ3v) is 2.86. The summed E-state index contributed by atoms with van der Waals surface area (Å²) in [7, 11) is 0. The van der Waals surface area contributed by atoms with E-state index in [0.717, 1.165) is 9.92 Å². The van der Waals surface area contributed by atoms with Crippen LogP contribution in [-0.2, 0) is 0 Å². The van der Waals surface area contributed by atoms with E-state index < -0.39 is 0 Å². The number of hydrogen-bond acceptors (Lipinski definition) is 4. The number of pyridine rings is 2. The molecule has 0 saturated carbocycles. The van der Waals surface area contributed by atoms with Crippen LogP contribution in [0.4, 0.5) is 0 Å². The summed E-state index contributed by atoms with van der Waals surface area (Å²) in [4.78, 5) is 9.21. The fourth-order valence-corrected chi connectivity index (χ4v) is 1.96. The molecule has 4 nitrogen and oxygen atoms in total. The monoisotopic (exact) mass is 230 g/mol. The van der Waals surface area contributed by atoms with E-state index in [-0.39, 0.29) is 5.84 Å². The van der Waals surface area contributed by atoms with Crippen LogP contribution in [-0.4, -0.2) is 15.8 Å². The van der Waals surface area contributed by atoms with Crippen molar-refractivity contribution in [2.24, 2.45) is 5.73 Å². The Balaban J connectivity index is 2.22. The molecular formula is C11H10N4S. The summed E-state index contributed by atoms with van der Waals surface area (Å²) >= 11 is 1.52. The first kappa shape index (κ1) is 10.6. The van der Waals surface area contributed by atoms with Crippen LogP contribution in [0.25, 0.3) is 0 Å². The van der Waals surface area contributed by atoms with Crippen LogP contribution < -0.4 is 5.73 Å². The van der Waals surface area contributed by atoms with Crippen LogP contribution in [0.15, 0.2) is 52.8 Å². The molecule has 0 aliphatic heterocycles. The molecule has 0 spiro atoms. The van der Waals surface area contributed by atoms with E-state index in [2.05, 4.69) is 9.97 Å². The molecule has 0 bridgehead atoms. The number of amidine groups is 1. The summed E-state index contributed by atoms with van der Waals surface area (Å²) in [6.07, 6.45) is 5.12. The zero-order valence-corrected chi connectivity index (χ0v) is 9.24. The molecule has 0 amide bonds. The van der Waals surface area contributed by atoms with Crippen LogP contribution >= 0.6 is 11.8 Å². The molecule has 0 aromatic carbocycles. The lowest BCUT2D eigenvalue weighted by Crippen LogP contribution is -2.10. The van der Waals surface area contributed by atoms with Crippen molar-refractivity contribution in [1.29, 1.82) is 5.41 Å². The predicted molar refractivity (Wildman–Crippen MR) is 63.6 cm³/mol. The Labute approximate surface area is 97.4 Å². The van der Waals surface area contributed by atoms with Gasteiger partial charge in [-0.15, -0.1) is 0 Å². The van der Waals surface area contributed by atoms with Crippen LogP contribution in [0.3, 0.4) is 0 Å². The van der Waals surface area contributed by atoms with Gasteiger partial charge in [0.1, 0.15) is 10.9 Å². The van der Waals surface area contributed by atoms with Crippen molar-refractivity contribution >= 4 is 17.6 Å². The molecule has 0 aliphatic carbocycles. The molecule has 0 radical (unpaired) electrons. The molecule has 0 fully saturated rings. The van der Waals surface area contributed by atoms with Crippen molar-refractivity contribution in [2.75, 3.05) is 0 Å². The maximum absolute atomic E-state index is 7.34. The smallest absolute Gasteiger partial charge is 0.122 e. The van der Waals surface area contributed by atoms with E-state index in [4.69, 9.17) is 11.1 Å². The molecule has 2 aromatic heterocycles. The average molecular weight is 230 g/mol. The summed E-state index contributed by atoms with van der Waals surface area (Å²) in [6.45, 7) is 0. The zero-order chi connectivity index (χ0) is 11.4. The number of nitrogens with two attached hydrogens (primary N) is 1. The minimum Gasteiger partial charge on any atom is -0.384 e. The second-order valence-electron chi connectivity index (χ2n) is 3.08. The molecule has 5 heteroatoms. The fraction of sp³-hybridized carbons (Fsp3) is 0. The highest BCUT2D eigenvalue weighted by atomic mass is 32.2. The Bertz CT molecular complexity index is 498. The van der Waals surface area contributed by atoms with E-state index in [1.807, 2.05) is 12.1 Å². The molecule has 0 aliphatic rings. The lowest BCUT2D eigenvalue weighted by Gasteiger charge is -2.02. The summed E-state index contributed by atoms with van der Waals surface area (Å²) in [5, 5.41) is 8.16. The van der Waals surface area contributed by atoms with Crippen molar-refractivity contribution in [3.8, 4) is 0 Å². The average Bonchev–Trinajstić information content (AvgIpc) is 2.30.